The molecule has 112 valence electrons. The number of nitrogen functional groups attached to an aromatic ring is 1. The number of halogens is 2. The minimum Gasteiger partial charge on any atom is -0.491 e. The van der Waals surface area contributed by atoms with Crippen molar-refractivity contribution in [2.24, 2.45) is 0 Å². The summed E-state index contributed by atoms with van der Waals surface area (Å²) in [7, 11) is 0. The second kappa shape index (κ2) is 6.92. The number of anilines is 2. The van der Waals surface area contributed by atoms with Crippen LogP contribution < -0.4 is 15.8 Å². The first kappa shape index (κ1) is 15.1. The van der Waals surface area contributed by atoms with Crippen LogP contribution in [0, 0.1) is 11.6 Å². The van der Waals surface area contributed by atoms with Gasteiger partial charge in [-0.3, -0.25) is 0 Å². The Labute approximate surface area is 122 Å². The summed E-state index contributed by atoms with van der Waals surface area (Å²) < 4.78 is 32.2. The Morgan fingerprint density at radius 2 is 1.95 bits per heavy atom. The van der Waals surface area contributed by atoms with Gasteiger partial charge in [-0.2, -0.15) is 0 Å². The average molecular weight is 292 g/mol. The van der Waals surface area contributed by atoms with E-state index in [9.17, 15) is 8.78 Å². The maximum Gasteiger partial charge on any atom is 0.144 e. The van der Waals surface area contributed by atoms with Gasteiger partial charge in [0.2, 0.25) is 0 Å². The molecule has 2 aromatic rings. The quantitative estimate of drug-likeness (QED) is 0.793. The number of rotatable bonds is 6. The molecule has 0 heterocycles. The molecule has 2 aromatic carbocycles. The molecule has 0 aromatic heterocycles. The Morgan fingerprint density at radius 3 is 2.71 bits per heavy atom. The standard InChI is InChI=1S/C16H18F2N2O/c1-2-7-21-16-9-13(4-6-15(16)19)20-10-11-8-12(17)3-5-14(11)18/h3-6,8-9,20H,2,7,10,19H2,1H3. The van der Waals surface area contributed by atoms with Gasteiger partial charge >= 0.3 is 0 Å². The summed E-state index contributed by atoms with van der Waals surface area (Å²) in [5.74, 6) is -0.319. The summed E-state index contributed by atoms with van der Waals surface area (Å²) in [5.41, 5.74) is 7.37. The molecule has 5 heteroatoms. The number of benzene rings is 2. The first-order valence-electron chi connectivity index (χ1n) is 6.80. The lowest BCUT2D eigenvalue weighted by molar-refractivity contribution is 0.319. The molecule has 3 N–H and O–H groups in total. The molecule has 0 aliphatic heterocycles. The van der Waals surface area contributed by atoms with Crippen LogP contribution in [0.5, 0.6) is 5.75 Å². The summed E-state index contributed by atoms with van der Waals surface area (Å²) in [6.07, 6.45) is 0.881. The molecule has 0 bridgehead atoms. The largest absolute Gasteiger partial charge is 0.491 e. The summed E-state index contributed by atoms with van der Waals surface area (Å²) >= 11 is 0. The fourth-order valence-electron chi connectivity index (χ4n) is 1.86. The predicted octanol–water partition coefficient (Wildman–Crippen LogP) is 3.95. The molecule has 2 rings (SSSR count). The van der Waals surface area contributed by atoms with Gasteiger partial charge in [0, 0.05) is 23.9 Å². The van der Waals surface area contributed by atoms with Crippen LogP contribution in [0.4, 0.5) is 20.2 Å². The highest BCUT2D eigenvalue weighted by Crippen LogP contribution is 2.26. The molecule has 0 saturated heterocycles. The van der Waals surface area contributed by atoms with E-state index < -0.39 is 11.6 Å². The lowest BCUT2D eigenvalue weighted by Gasteiger charge is -2.12. The SMILES string of the molecule is CCCOc1cc(NCc2cc(F)ccc2F)ccc1N. The van der Waals surface area contributed by atoms with Crippen LogP contribution in [0.1, 0.15) is 18.9 Å². The van der Waals surface area contributed by atoms with Crippen LogP contribution in [0.15, 0.2) is 36.4 Å². The van der Waals surface area contributed by atoms with Crippen molar-refractivity contribution in [2.45, 2.75) is 19.9 Å². The van der Waals surface area contributed by atoms with Crippen molar-refractivity contribution >= 4 is 11.4 Å². The van der Waals surface area contributed by atoms with Gasteiger partial charge in [0.25, 0.3) is 0 Å². The van der Waals surface area contributed by atoms with Crippen LogP contribution >= 0.6 is 0 Å². The molecule has 0 radical (unpaired) electrons. The first-order chi connectivity index (χ1) is 10.1. The Hall–Kier alpha value is -2.30. The van der Waals surface area contributed by atoms with Crippen molar-refractivity contribution in [3.05, 3.63) is 53.6 Å². The third-order valence-electron chi connectivity index (χ3n) is 2.97. The zero-order valence-corrected chi connectivity index (χ0v) is 11.8. The van der Waals surface area contributed by atoms with Gasteiger partial charge in [-0.15, -0.1) is 0 Å². The summed E-state index contributed by atoms with van der Waals surface area (Å²) in [5, 5.41) is 3.03. The van der Waals surface area contributed by atoms with Crippen LogP contribution in [0.2, 0.25) is 0 Å². The molecule has 0 aliphatic carbocycles. The molecule has 0 unspecified atom stereocenters. The number of hydrogen-bond acceptors (Lipinski definition) is 3. The smallest absolute Gasteiger partial charge is 0.144 e. The van der Waals surface area contributed by atoms with E-state index in [1.165, 1.54) is 6.07 Å². The molecule has 21 heavy (non-hydrogen) atoms. The normalized spacial score (nSPS) is 10.4. The Morgan fingerprint density at radius 1 is 1.14 bits per heavy atom. The van der Waals surface area contributed by atoms with Crippen LogP contribution in [0.3, 0.4) is 0 Å². The molecule has 0 atom stereocenters. The van der Waals surface area contributed by atoms with Crippen LogP contribution in [-0.2, 0) is 6.54 Å². The van der Waals surface area contributed by atoms with E-state index in [2.05, 4.69) is 5.32 Å². The van der Waals surface area contributed by atoms with E-state index in [-0.39, 0.29) is 12.1 Å². The number of nitrogens with two attached hydrogens (primary N) is 1. The Kier molecular flexibility index (Phi) is 4.98. The van der Waals surface area contributed by atoms with Gasteiger partial charge in [0.1, 0.15) is 17.4 Å². The van der Waals surface area contributed by atoms with E-state index in [1.54, 1.807) is 18.2 Å². The molecule has 0 saturated carbocycles. The van der Waals surface area contributed by atoms with Crippen molar-refractivity contribution in [2.75, 3.05) is 17.7 Å². The minimum absolute atomic E-state index is 0.181. The lowest BCUT2D eigenvalue weighted by Crippen LogP contribution is -2.04. The molecule has 0 fully saturated rings. The molecule has 3 nitrogen and oxygen atoms in total. The van der Waals surface area contributed by atoms with Crippen LogP contribution in [0.25, 0.3) is 0 Å². The van der Waals surface area contributed by atoms with Gasteiger partial charge in [-0.1, -0.05) is 6.92 Å². The number of hydrogen-bond donors (Lipinski definition) is 2. The molecule has 0 amide bonds. The van der Waals surface area contributed by atoms with Crippen molar-refractivity contribution < 1.29 is 13.5 Å². The monoisotopic (exact) mass is 292 g/mol. The van der Waals surface area contributed by atoms with E-state index in [1.807, 2.05) is 6.92 Å². The van der Waals surface area contributed by atoms with Crippen molar-refractivity contribution in [1.82, 2.24) is 0 Å². The lowest BCUT2D eigenvalue weighted by atomic mass is 10.2. The van der Waals surface area contributed by atoms with Crippen LogP contribution in [-0.4, -0.2) is 6.61 Å². The highest BCUT2D eigenvalue weighted by atomic mass is 19.1. The maximum absolute atomic E-state index is 13.5. The van der Waals surface area contributed by atoms with E-state index in [4.69, 9.17) is 10.5 Å². The fourth-order valence-corrected chi connectivity index (χ4v) is 1.86. The van der Waals surface area contributed by atoms with Gasteiger partial charge in [0.15, 0.2) is 0 Å². The van der Waals surface area contributed by atoms with E-state index in [0.29, 0.717) is 18.0 Å². The predicted molar refractivity (Wildman–Crippen MR) is 80.3 cm³/mol. The molecular weight excluding hydrogens is 274 g/mol. The Bertz CT molecular complexity index is 617. The topological polar surface area (TPSA) is 47.3 Å². The number of ether oxygens (including phenoxy) is 1. The van der Waals surface area contributed by atoms with E-state index in [0.717, 1.165) is 24.2 Å². The average Bonchev–Trinajstić information content (AvgIpc) is 2.48. The summed E-state index contributed by atoms with van der Waals surface area (Å²) in [6, 6.07) is 8.63. The molecule has 0 aliphatic rings. The minimum atomic E-state index is -0.461. The Balaban J connectivity index is 2.07. The molecular formula is C16H18F2N2O. The maximum atomic E-state index is 13.5. The van der Waals surface area contributed by atoms with Gasteiger partial charge in [-0.25, -0.2) is 8.78 Å². The highest BCUT2D eigenvalue weighted by molar-refractivity contribution is 5.61. The number of nitrogens with one attached hydrogen (secondary N) is 1. The third-order valence-corrected chi connectivity index (χ3v) is 2.97. The first-order valence-corrected chi connectivity index (χ1v) is 6.80. The third kappa shape index (κ3) is 4.08. The highest BCUT2D eigenvalue weighted by Gasteiger charge is 2.06. The zero-order chi connectivity index (χ0) is 15.2. The second-order valence-electron chi connectivity index (χ2n) is 4.69. The fraction of sp³-hybridized carbons (Fsp3) is 0.250. The molecule has 0 spiro atoms. The van der Waals surface area contributed by atoms with Gasteiger partial charge < -0.3 is 15.8 Å². The summed E-state index contributed by atoms with van der Waals surface area (Å²) in [4.78, 5) is 0. The van der Waals surface area contributed by atoms with E-state index >= 15 is 0 Å². The summed E-state index contributed by atoms with van der Waals surface area (Å²) in [6.45, 7) is 2.76. The van der Waals surface area contributed by atoms with Crippen molar-refractivity contribution in [3.63, 3.8) is 0 Å². The van der Waals surface area contributed by atoms with Gasteiger partial charge in [0.05, 0.1) is 12.3 Å². The van der Waals surface area contributed by atoms with Gasteiger partial charge in [-0.05, 0) is 36.8 Å². The van der Waals surface area contributed by atoms with Crippen molar-refractivity contribution in [1.29, 1.82) is 0 Å². The second-order valence-corrected chi connectivity index (χ2v) is 4.69. The zero-order valence-electron chi connectivity index (χ0n) is 11.8. The van der Waals surface area contributed by atoms with Crippen molar-refractivity contribution in [3.8, 4) is 5.75 Å².